The van der Waals surface area contributed by atoms with E-state index in [9.17, 15) is 18.8 Å². The van der Waals surface area contributed by atoms with Gasteiger partial charge in [-0.3, -0.25) is 14.5 Å². The number of imide groups is 1. The summed E-state index contributed by atoms with van der Waals surface area (Å²) in [5.74, 6) is -0.901. The lowest BCUT2D eigenvalue weighted by atomic mass is 10.3. The molecule has 1 fully saturated rings. The van der Waals surface area contributed by atoms with E-state index >= 15 is 0 Å². The number of halogens is 1. The molecule has 1 saturated heterocycles. The Hall–Kier alpha value is -2.09. The largest absolute Gasteiger partial charge is 0.452 e. The van der Waals surface area contributed by atoms with Gasteiger partial charge < -0.3 is 10.1 Å². The lowest BCUT2D eigenvalue weighted by molar-refractivity contribution is -0.157. The summed E-state index contributed by atoms with van der Waals surface area (Å²) in [4.78, 5) is 37.0. The molecular formula is C15H17FN2O4S. The van der Waals surface area contributed by atoms with Gasteiger partial charge in [-0.2, -0.15) is 0 Å². The third-order valence-corrected chi connectivity index (χ3v) is 4.18. The van der Waals surface area contributed by atoms with Crippen molar-refractivity contribution in [3.8, 4) is 0 Å². The van der Waals surface area contributed by atoms with Crippen LogP contribution in [0.1, 0.15) is 13.3 Å². The van der Waals surface area contributed by atoms with Gasteiger partial charge >= 0.3 is 12.0 Å². The fraction of sp³-hybridized carbons (Fsp3) is 0.400. The number of benzene rings is 1. The smallest absolute Gasteiger partial charge is 0.324 e. The molecule has 1 aromatic carbocycles. The van der Waals surface area contributed by atoms with Gasteiger partial charge in [-0.15, -0.1) is 11.8 Å². The van der Waals surface area contributed by atoms with Gasteiger partial charge in [0.2, 0.25) is 0 Å². The minimum absolute atomic E-state index is 0.117. The highest BCUT2D eigenvalue weighted by Gasteiger charge is 2.31. The molecule has 3 amide bonds. The molecule has 0 saturated carbocycles. The second-order valence-electron chi connectivity index (χ2n) is 4.91. The molecule has 0 radical (unpaired) electrons. The first kappa shape index (κ1) is 17.3. The third-order valence-electron chi connectivity index (χ3n) is 3.17. The molecule has 1 N–H and O–H groups in total. The van der Waals surface area contributed by atoms with Crippen molar-refractivity contribution in [3.05, 3.63) is 30.1 Å². The van der Waals surface area contributed by atoms with Crippen molar-refractivity contribution >= 4 is 29.7 Å². The first-order chi connectivity index (χ1) is 11.0. The number of urea groups is 1. The molecule has 6 nitrogen and oxygen atoms in total. The van der Waals surface area contributed by atoms with E-state index in [0.717, 1.165) is 9.80 Å². The number of nitrogens with one attached hydrogen (secondary N) is 1. The number of nitrogens with zero attached hydrogens (tertiary/aromatic N) is 1. The number of hydrogen-bond donors (Lipinski definition) is 1. The lowest BCUT2D eigenvalue weighted by Crippen LogP contribution is -2.41. The van der Waals surface area contributed by atoms with E-state index < -0.39 is 24.0 Å². The fourth-order valence-electron chi connectivity index (χ4n) is 1.99. The highest BCUT2D eigenvalue weighted by molar-refractivity contribution is 7.99. The second-order valence-corrected chi connectivity index (χ2v) is 6.07. The molecular weight excluding hydrogens is 323 g/mol. The topological polar surface area (TPSA) is 75.7 Å². The zero-order valence-corrected chi connectivity index (χ0v) is 13.4. The van der Waals surface area contributed by atoms with Gasteiger partial charge in [0.1, 0.15) is 5.82 Å². The van der Waals surface area contributed by atoms with Crippen molar-refractivity contribution in [1.82, 2.24) is 10.2 Å². The molecule has 0 spiro atoms. The molecule has 2 rings (SSSR count). The van der Waals surface area contributed by atoms with Gasteiger partial charge in [0, 0.05) is 23.7 Å². The molecule has 124 valence electrons. The lowest BCUT2D eigenvalue weighted by Gasteiger charge is -2.18. The number of hydrogen-bond acceptors (Lipinski definition) is 5. The van der Waals surface area contributed by atoms with Crippen molar-refractivity contribution in [3.63, 3.8) is 0 Å². The summed E-state index contributed by atoms with van der Waals surface area (Å²) in [7, 11) is 0. The van der Waals surface area contributed by atoms with Crippen molar-refractivity contribution < 1.29 is 23.5 Å². The molecule has 0 bridgehead atoms. The molecule has 1 aliphatic rings. The van der Waals surface area contributed by atoms with Gasteiger partial charge in [-0.25, -0.2) is 9.18 Å². The number of amides is 3. The summed E-state index contributed by atoms with van der Waals surface area (Å²) in [6, 6.07) is 5.49. The van der Waals surface area contributed by atoms with Crippen LogP contribution in [0.2, 0.25) is 0 Å². The van der Waals surface area contributed by atoms with Crippen LogP contribution in [0.15, 0.2) is 29.2 Å². The van der Waals surface area contributed by atoms with E-state index in [1.54, 1.807) is 12.1 Å². The maximum absolute atomic E-state index is 12.8. The van der Waals surface area contributed by atoms with Crippen LogP contribution in [0.25, 0.3) is 0 Å². The standard InChI is InChI=1S/C15H17FN2O4S/c1-10(14(20)18-8-7-17-15(18)21)22-13(19)6-9-23-12-4-2-11(16)3-5-12/h2-5,10H,6-9H2,1H3,(H,17,21)/t10-/m1/s1. The van der Waals surface area contributed by atoms with Crippen LogP contribution in [0, 0.1) is 5.82 Å². The summed E-state index contributed by atoms with van der Waals surface area (Å²) in [6.45, 7) is 2.12. The molecule has 0 unspecified atom stereocenters. The van der Waals surface area contributed by atoms with Crippen LogP contribution in [0.5, 0.6) is 0 Å². The van der Waals surface area contributed by atoms with E-state index in [4.69, 9.17) is 4.74 Å². The number of thioether (sulfide) groups is 1. The summed E-state index contributed by atoms with van der Waals surface area (Å²) in [5.41, 5.74) is 0. The number of ether oxygens (including phenoxy) is 1. The van der Waals surface area contributed by atoms with E-state index in [1.807, 2.05) is 0 Å². The zero-order chi connectivity index (χ0) is 16.8. The minimum Gasteiger partial charge on any atom is -0.452 e. The van der Waals surface area contributed by atoms with Crippen LogP contribution < -0.4 is 5.32 Å². The van der Waals surface area contributed by atoms with Crippen LogP contribution in [-0.4, -0.2) is 47.8 Å². The Morgan fingerprint density at radius 1 is 1.39 bits per heavy atom. The second kappa shape index (κ2) is 7.96. The number of rotatable bonds is 6. The van der Waals surface area contributed by atoms with Crippen LogP contribution in [-0.2, 0) is 14.3 Å². The van der Waals surface area contributed by atoms with Gasteiger partial charge in [0.05, 0.1) is 6.42 Å². The highest BCUT2D eigenvalue weighted by atomic mass is 32.2. The van der Waals surface area contributed by atoms with Gasteiger partial charge in [-0.1, -0.05) is 0 Å². The summed E-state index contributed by atoms with van der Waals surface area (Å²) in [6.07, 6.45) is -0.881. The Kier molecular flexibility index (Phi) is 5.97. The van der Waals surface area contributed by atoms with E-state index in [0.29, 0.717) is 12.3 Å². The molecule has 1 atom stereocenters. The Morgan fingerprint density at radius 2 is 2.09 bits per heavy atom. The predicted octanol–water partition coefficient (Wildman–Crippen LogP) is 1.79. The van der Waals surface area contributed by atoms with Crippen molar-refractivity contribution in [2.75, 3.05) is 18.8 Å². The summed E-state index contributed by atoms with van der Waals surface area (Å²) in [5, 5.41) is 2.51. The van der Waals surface area contributed by atoms with Crippen molar-refractivity contribution in [1.29, 1.82) is 0 Å². The van der Waals surface area contributed by atoms with E-state index in [2.05, 4.69) is 5.32 Å². The zero-order valence-electron chi connectivity index (χ0n) is 12.6. The molecule has 1 aromatic rings. The first-order valence-corrected chi connectivity index (χ1v) is 8.13. The average Bonchev–Trinajstić information content (AvgIpc) is 2.94. The Bertz CT molecular complexity index is 594. The maximum atomic E-state index is 12.8. The first-order valence-electron chi connectivity index (χ1n) is 7.14. The van der Waals surface area contributed by atoms with E-state index in [-0.39, 0.29) is 18.8 Å². The number of carbonyl (C=O) groups is 3. The number of esters is 1. The Balaban J connectivity index is 1.72. The monoisotopic (exact) mass is 340 g/mol. The van der Waals surface area contributed by atoms with Crippen LogP contribution in [0.4, 0.5) is 9.18 Å². The van der Waals surface area contributed by atoms with Crippen LogP contribution in [0.3, 0.4) is 0 Å². The molecule has 0 aliphatic carbocycles. The van der Waals surface area contributed by atoms with Gasteiger partial charge in [-0.05, 0) is 31.2 Å². The fourth-order valence-corrected chi connectivity index (χ4v) is 2.82. The normalized spacial score (nSPS) is 15.2. The van der Waals surface area contributed by atoms with Crippen molar-refractivity contribution in [2.45, 2.75) is 24.3 Å². The molecule has 8 heteroatoms. The molecule has 1 heterocycles. The quantitative estimate of drug-likeness (QED) is 0.631. The Morgan fingerprint density at radius 3 is 2.70 bits per heavy atom. The van der Waals surface area contributed by atoms with Crippen LogP contribution >= 0.6 is 11.8 Å². The minimum atomic E-state index is -0.998. The molecule has 1 aliphatic heterocycles. The highest BCUT2D eigenvalue weighted by Crippen LogP contribution is 2.19. The predicted molar refractivity (Wildman–Crippen MR) is 82.4 cm³/mol. The Labute approximate surface area is 137 Å². The molecule has 23 heavy (non-hydrogen) atoms. The van der Waals surface area contributed by atoms with E-state index in [1.165, 1.54) is 30.8 Å². The van der Waals surface area contributed by atoms with Gasteiger partial charge in [0.15, 0.2) is 6.10 Å². The third kappa shape index (κ3) is 4.95. The maximum Gasteiger partial charge on any atom is 0.324 e. The van der Waals surface area contributed by atoms with Gasteiger partial charge in [0.25, 0.3) is 5.91 Å². The summed E-state index contributed by atoms with van der Waals surface area (Å²) < 4.78 is 17.8. The SMILES string of the molecule is C[C@@H](OC(=O)CCSc1ccc(F)cc1)C(=O)N1CCNC1=O. The van der Waals surface area contributed by atoms with Crippen molar-refractivity contribution in [2.24, 2.45) is 0 Å². The summed E-state index contributed by atoms with van der Waals surface area (Å²) >= 11 is 1.39. The molecule has 0 aromatic heterocycles. The number of carbonyl (C=O) groups excluding carboxylic acids is 3. The average molecular weight is 340 g/mol.